The predicted octanol–water partition coefficient (Wildman–Crippen LogP) is 2.56. The minimum atomic E-state index is -0.870. The summed E-state index contributed by atoms with van der Waals surface area (Å²) in [5.74, 6) is 0.746. The van der Waals surface area contributed by atoms with Crippen LogP contribution in [0, 0.1) is 6.92 Å². The van der Waals surface area contributed by atoms with Crippen molar-refractivity contribution in [2.24, 2.45) is 0 Å². The third kappa shape index (κ3) is 2.92. The third-order valence-electron chi connectivity index (χ3n) is 2.95. The van der Waals surface area contributed by atoms with Crippen LogP contribution in [-0.4, -0.2) is 31.4 Å². The number of rotatable bonds is 5. The van der Waals surface area contributed by atoms with Gasteiger partial charge in [-0.25, -0.2) is 4.98 Å². The largest absolute Gasteiger partial charge is 0.481 e. The average molecular weight is 303 g/mol. The van der Waals surface area contributed by atoms with Crippen LogP contribution in [0.3, 0.4) is 0 Å². The molecule has 0 aliphatic rings. The maximum absolute atomic E-state index is 10.8. The number of imidazole rings is 1. The van der Waals surface area contributed by atoms with Gasteiger partial charge in [-0.1, -0.05) is 11.8 Å². The molecule has 0 saturated heterocycles. The van der Waals surface area contributed by atoms with Gasteiger partial charge in [0.1, 0.15) is 17.0 Å². The van der Waals surface area contributed by atoms with E-state index < -0.39 is 5.97 Å². The molecule has 7 heteroatoms. The van der Waals surface area contributed by atoms with Crippen molar-refractivity contribution in [2.75, 3.05) is 5.75 Å². The zero-order valence-electron chi connectivity index (χ0n) is 11.3. The molecule has 3 rings (SSSR count). The molecule has 0 unspecified atom stereocenters. The minimum Gasteiger partial charge on any atom is -0.481 e. The second-order valence-electron chi connectivity index (χ2n) is 4.54. The zero-order chi connectivity index (χ0) is 14.8. The number of fused-ring (bicyclic) bond motifs is 1. The Labute approximate surface area is 124 Å². The number of hydrogen-bond donors (Lipinski definition) is 1. The van der Waals surface area contributed by atoms with Crippen LogP contribution in [0.5, 0.6) is 0 Å². The van der Waals surface area contributed by atoms with Crippen molar-refractivity contribution in [3.05, 3.63) is 42.1 Å². The molecule has 0 aromatic carbocycles. The maximum atomic E-state index is 10.8. The molecule has 0 radical (unpaired) electrons. The number of aliphatic carboxylic acids is 1. The molecule has 0 fully saturated rings. The number of furan rings is 1. The molecular weight excluding hydrogens is 290 g/mol. The number of carboxylic acids is 1. The van der Waals surface area contributed by atoms with Gasteiger partial charge in [-0.3, -0.25) is 9.78 Å². The molecule has 0 aliphatic heterocycles. The van der Waals surface area contributed by atoms with E-state index in [1.807, 2.05) is 29.7 Å². The fourth-order valence-corrected chi connectivity index (χ4v) is 2.81. The van der Waals surface area contributed by atoms with Crippen molar-refractivity contribution in [3.8, 4) is 0 Å². The first kappa shape index (κ1) is 13.7. The van der Waals surface area contributed by atoms with Gasteiger partial charge in [-0.15, -0.1) is 0 Å². The van der Waals surface area contributed by atoms with Gasteiger partial charge < -0.3 is 14.1 Å². The van der Waals surface area contributed by atoms with E-state index in [0.717, 1.165) is 22.6 Å². The molecule has 21 heavy (non-hydrogen) atoms. The summed E-state index contributed by atoms with van der Waals surface area (Å²) in [6.07, 6.45) is 3.36. The summed E-state index contributed by atoms with van der Waals surface area (Å²) in [6.45, 7) is 2.40. The summed E-state index contributed by atoms with van der Waals surface area (Å²) in [6, 6.07) is 5.68. The molecular formula is C14H13N3O3S. The van der Waals surface area contributed by atoms with Gasteiger partial charge in [0, 0.05) is 6.20 Å². The summed E-state index contributed by atoms with van der Waals surface area (Å²) in [5.41, 5.74) is 1.65. The highest BCUT2D eigenvalue weighted by molar-refractivity contribution is 7.99. The van der Waals surface area contributed by atoms with Gasteiger partial charge in [0.05, 0.1) is 24.0 Å². The molecule has 1 N–H and O–H groups in total. The summed E-state index contributed by atoms with van der Waals surface area (Å²) in [7, 11) is 0. The molecule has 0 atom stereocenters. The fraction of sp³-hybridized carbons (Fsp3) is 0.214. The van der Waals surface area contributed by atoms with E-state index in [1.165, 1.54) is 11.8 Å². The number of pyridine rings is 1. The van der Waals surface area contributed by atoms with Crippen molar-refractivity contribution < 1.29 is 14.3 Å². The van der Waals surface area contributed by atoms with Crippen molar-refractivity contribution in [1.82, 2.24) is 14.5 Å². The van der Waals surface area contributed by atoms with Gasteiger partial charge in [0.15, 0.2) is 5.16 Å². The lowest BCUT2D eigenvalue weighted by Crippen LogP contribution is -2.04. The van der Waals surface area contributed by atoms with Crippen molar-refractivity contribution >= 4 is 28.8 Å². The maximum Gasteiger partial charge on any atom is 0.313 e. The lowest BCUT2D eigenvalue weighted by atomic mass is 10.4. The van der Waals surface area contributed by atoms with Gasteiger partial charge in [0.2, 0.25) is 0 Å². The summed E-state index contributed by atoms with van der Waals surface area (Å²) >= 11 is 1.19. The van der Waals surface area contributed by atoms with Crippen LogP contribution in [-0.2, 0) is 11.3 Å². The zero-order valence-corrected chi connectivity index (χ0v) is 12.1. The van der Waals surface area contributed by atoms with E-state index in [2.05, 4.69) is 9.97 Å². The molecule has 0 spiro atoms. The number of thioether (sulfide) groups is 1. The van der Waals surface area contributed by atoms with Crippen LogP contribution < -0.4 is 0 Å². The van der Waals surface area contributed by atoms with Gasteiger partial charge in [0.25, 0.3) is 0 Å². The quantitative estimate of drug-likeness (QED) is 0.730. The Balaban J connectivity index is 2.00. The first-order chi connectivity index (χ1) is 10.1. The Morgan fingerprint density at radius 3 is 3.00 bits per heavy atom. The number of nitrogens with zero attached hydrogens (tertiary/aromatic N) is 3. The van der Waals surface area contributed by atoms with E-state index >= 15 is 0 Å². The van der Waals surface area contributed by atoms with Crippen LogP contribution in [0.25, 0.3) is 11.0 Å². The molecule has 3 aromatic heterocycles. The van der Waals surface area contributed by atoms with Gasteiger partial charge in [-0.2, -0.15) is 0 Å². The Bertz CT molecular complexity index is 794. The van der Waals surface area contributed by atoms with E-state index in [1.54, 1.807) is 12.4 Å². The van der Waals surface area contributed by atoms with Crippen molar-refractivity contribution in [1.29, 1.82) is 0 Å². The SMILES string of the molecule is Cc1ccc(Cn2c(SCC(=O)O)nc3cnccc32)o1. The lowest BCUT2D eigenvalue weighted by Gasteiger charge is -2.06. The fourth-order valence-electron chi connectivity index (χ4n) is 2.07. The monoisotopic (exact) mass is 303 g/mol. The number of aromatic nitrogens is 3. The number of aryl methyl sites for hydroxylation is 1. The molecule has 0 bridgehead atoms. The highest BCUT2D eigenvalue weighted by Crippen LogP contribution is 2.25. The Morgan fingerprint density at radius 1 is 1.43 bits per heavy atom. The molecule has 0 saturated carbocycles. The average Bonchev–Trinajstić information content (AvgIpc) is 3.01. The highest BCUT2D eigenvalue weighted by atomic mass is 32.2. The molecule has 3 heterocycles. The normalized spacial score (nSPS) is 11.1. The number of hydrogen-bond acceptors (Lipinski definition) is 5. The molecule has 3 aromatic rings. The second kappa shape index (κ2) is 5.61. The smallest absolute Gasteiger partial charge is 0.313 e. The van der Waals surface area contributed by atoms with Crippen LogP contribution in [0.4, 0.5) is 0 Å². The topological polar surface area (TPSA) is 81.2 Å². The second-order valence-corrected chi connectivity index (χ2v) is 5.48. The first-order valence-corrected chi connectivity index (χ1v) is 7.32. The van der Waals surface area contributed by atoms with Crippen LogP contribution >= 0.6 is 11.8 Å². The predicted molar refractivity (Wildman–Crippen MR) is 78.4 cm³/mol. The molecule has 6 nitrogen and oxygen atoms in total. The van der Waals surface area contributed by atoms with E-state index in [4.69, 9.17) is 9.52 Å². The highest BCUT2D eigenvalue weighted by Gasteiger charge is 2.14. The van der Waals surface area contributed by atoms with Crippen molar-refractivity contribution in [3.63, 3.8) is 0 Å². The van der Waals surface area contributed by atoms with Crippen LogP contribution in [0.2, 0.25) is 0 Å². The Hall–Kier alpha value is -2.28. The number of carbonyl (C=O) groups is 1. The van der Waals surface area contributed by atoms with Gasteiger partial charge in [-0.05, 0) is 25.1 Å². The standard InChI is InChI=1S/C14H13N3O3S/c1-9-2-3-10(20-9)7-17-12-4-5-15-6-11(12)16-14(17)21-8-13(18)19/h2-6H,7-8H2,1H3,(H,18,19). The summed E-state index contributed by atoms with van der Waals surface area (Å²) in [5, 5.41) is 9.49. The Morgan fingerprint density at radius 2 is 2.29 bits per heavy atom. The van der Waals surface area contributed by atoms with E-state index in [9.17, 15) is 4.79 Å². The molecule has 0 aliphatic carbocycles. The molecule has 108 valence electrons. The van der Waals surface area contributed by atoms with Gasteiger partial charge >= 0.3 is 5.97 Å². The number of carboxylic acid groups (broad SMARTS) is 1. The van der Waals surface area contributed by atoms with E-state index in [-0.39, 0.29) is 5.75 Å². The van der Waals surface area contributed by atoms with Crippen LogP contribution in [0.15, 0.2) is 40.2 Å². The first-order valence-electron chi connectivity index (χ1n) is 6.33. The summed E-state index contributed by atoms with van der Waals surface area (Å²) < 4.78 is 7.54. The Kier molecular flexibility index (Phi) is 3.66. The molecule has 0 amide bonds. The minimum absolute atomic E-state index is 0.0338. The van der Waals surface area contributed by atoms with Crippen molar-refractivity contribution in [2.45, 2.75) is 18.6 Å². The third-order valence-corrected chi connectivity index (χ3v) is 3.91. The van der Waals surface area contributed by atoms with E-state index in [0.29, 0.717) is 11.7 Å². The van der Waals surface area contributed by atoms with Crippen LogP contribution in [0.1, 0.15) is 11.5 Å². The lowest BCUT2D eigenvalue weighted by molar-refractivity contribution is -0.133. The summed E-state index contributed by atoms with van der Waals surface area (Å²) in [4.78, 5) is 19.3.